The molecule has 1 N–H and O–H groups in total. The maximum absolute atomic E-state index is 9.23. The first kappa shape index (κ1) is 12.8. The number of aliphatic hydroxyl groups excluding tert-OH is 1. The quantitative estimate of drug-likeness (QED) is 0.807. The van der Waals surface area contributed by atoms with E-state index in [9.17, 15) is 5.11 Å². The Bertz CT molecular complexity index is 301. The van der Waals surface area contributed by atoms with Crippen LogP contribution in [0.15, 0.2) is 18.2 Å². The number of methoxy groups -OCH3 is 1. The number of hydrogen-bond acceptors (Lipinski definition) is 3. The average Bonchev–Trinajstić information content (AvgIpc) is 2.35. The molecule has 3 nitrogen and oxygen atoms in total. The molecule has 1 rings (SSSR count). The summed E-state index contributed by atoms with van der Waals surface area (Å²) < 4.78 is 10.9. The van der Waals surface area contributed by atoms with Gasteiger partial charge in [-0.15, -0.1) is 0 Å². The molecule has 0 aliphatic rings. The van der Waals surface area contributed by atoms with E-state index in [0.717, 1.165) is 12.0 Å². The third-order valence-corrected chi connectivity index (χ3v) is 2.66. The second-order valence-electron chi connectivity index (χ2n) is 3.93. The average molecular weight is 224 g/mol. The standard InChI is InChI=1S/C13H20O3/c1-4-10(2)9-16-13-11(8-14)6-5-7-12(13)15-3/h5-7,10,14H,4,8-9H2,1-3H3. The molecule has 3 heteroatoms. The highest BCUT2D eigenvalue weighted by Crippen LogP contribution is 2.31. The van der Waals surface area contributed by atoms with E-state index in [4.69, 9.17) is 9.47 Å². The highest BCUT2D eigenvalue weighted by atomic mass is 16.5. The van der Waals surface area contributed by atoms with Crippen LogP contribution in [0, 0.1) is 5.92 Å². The van der Waals surface area contributed by atoms with E-state index in [1.807, 2.05) is 18.2 Å². The molecule has 0 aromatic heterocycles. The summed E-state index contributed by atoms with van der Waals surface area (Å²) in [5.41, 5.74) is 0.766. The number of ether oxygens (including phenoxy) is 2. The molecule has 0 radical (unpaired) electrons. The summed E-state index contributed by atoms with van der Waals surface area (Å²) in [6, 6.07) is 5.53. The second kappa shape index (κ2) is 6.38. The van der Waals surface area contributed by atoms with Crippen LogP contribution < -0.4 is 9.47 Å². The van der Waals surface area contributed by atoms with Gasteiger partial charge in [0.15, 0.2) is 11.5 Å². The minimum absolute atomic E-state index is 0.0347. The fourth-order valence-corrected chi connectivity index (χ4v) is 1.35. The molecule has 1 unspecified atom stereocenters. The van der Waals surface area contributed by atoms with Crippen molar-refractivity contribution in [1.29, 1.82) is 0 Å². The Morgan fingerprint density at radius 3 is 2.69 bits per heavy atom. The van der Waals surface area contributed by atoms with Gasteiger partial charge < -0.3 is 14.6 Å². The summed E-state index contributed by atoms with van der Waals surface area (Å²) in [5.74, 6) is 1.83. The molecule has 1 aromatic rings. The lowest BCUT2D eigenvalue weighted by Gasteiger charge is -2.16. The van der Waals surface area contributed by atoms with Crippen molar-refractivity contribution in [1.82, 2.24) is 0 Å². The summed E-state index contributed by atoms with van der Waals surface area (Å²) in [5, 5.41) is 9.23. The molecule has 90 valence electrons. The lowest BCUT2D eigenvalue weighted by molar-refractivity contribution is 0.228. The maximum Gasteiger partial charge on any atom is 0.166 e. The van der Waals surface area contributed by atoms with E-state index in [-0.39, 0.29) is 6.61 Å². The second-order valence-corrected chi connectivity index (χ2v) is 3.93. The van der Waals surface area contributed by atoms with Gasteiger partial charge in [-0.05, 0) is 12.0 Å². The lowest BCUT2D eigenvalue weighted by Crippen LogP contribution is -2.09. The Kier molecular flexibility index (Phi) is 5.12. The normalized spacial score (nSPS) is 12.2. The van der Waals surface area contributed by atoms with Crippen molar-refractivity contribution in [2.45, 2.75) is 26.9 Å². The summed E-state index contributed by atoms with van der Waals surface area (Å²) >= 11 is 0. The third-order valence-electron chi connectivity index (χ3n) is 2.66. The highest BCUT2D eigenvalue weighted by Gasteiger charge is 2.10. The fraction of sp³-hybridized carbons (Fsp3) is 0.538. The van der Waals surface area contributed by atoms with Crippen LogP contribution in [0.1, 0.15) is 25.8 Å². The van der Waals surface area contributed by atoms with Gasteiger partial charge >= 0.3 is 0 Å². The van der Waals surface area contributed by atoms with Gasteiger partial charge in [-0.3, -0.25) is 0 Å². The number of hydrogen-bond donors (Lipinski definition) is 1. The van der Waals surface area contributed by atoms with Crippen LogP contribution in [0.2, 0.25) is 0 Å². The van der Waals surface area contributed by atoms with Crippen LogP contribution in [0.25, 0.3) is 0 Å². The highest BCUT2D eigenvalue weighted by molar-refractivity contribution is 5.46. The Labute approximate surface area is 97.0 Å². The topological polar surface area (TPSA) is 38.7 Å². The van der Waals surface area contributed by atoms with Crippen LogP contribution in [-0.4, -0.2) is 18.8 Å². The van der Waals surface area contributed by atoms with Crippen LogP contribution >= 0.6 is 0 Å². The van der Waals surface area contributed by atoms with Crippen LogP contribution in [0.5, 0.6) is 11.5 Å². The molecule has 0 spiro atoms. The zero-order chi connectivity index (χ0) is 12.0. The van der Waals surface area contributed by atoms with E-state index in [0.29, 0.717) is 24.0 Å². The van der Waals surface area contributed by atoms with E-state index in [1.54, 1.807) is 7.11 Å². The summed E-state index contributed by atoms with van der Waals surface area (Å²) in [4.78, 5) is 0. The molecule has 0 saturated carbocycles. The molecule has 0 saturated heterocycles. The first-order valence-corrected chi connectivity index (χ1v) is 5.62. The molecule has 0 aliphatic heterocycles. The zero-order valence-corrected chi connectivity index (χ0v) is 10.2. The number of benzene rings is 1. The predicted molar refractivity (Wildman–Crippen MR) is 63.9 cm³/mol. The van der Waals surface area contributed by atoms with Gasteiger partial charge in [0, 0.05) is 5.56 Å². The fourth-order valence-electron chi connectivity index (χ4n) is 1.35. The molecular weight excluding hydrogens is 204 g/mol. The van der Waals surface area contributed by atoms with Crippen LogP contribution in [0.4, 0.5) is 0 Å². The largest absolute Gasteiger partial charge is 0.493 e. The van der Waals surface area contributed by atoms with E-state index in [2.05, 4.69) is 13.8 Å². The van der Waals surface area contributed by atoms with Gasteiger partial charge in [-0.25, -0.2) is 0 Å². The first-order valence-electron chi connectivity index (χ1n) is 5.62. The SMILES string of the molecule is CCC(C)COc1c(CO)cccc1OC. The van der Waals surface area contributed by atoms with E-state index in [1.165, 1.54) is 0 Å². The molecular formula is C13H20O3. The molecule has 0 amide bonds. The molecule has 16 heavy (non-hydrogen) atoms. The summed E-state index contributed by atoms with van der Waals surface area (Å²) in [7, 11) is 1.60. The van der Waals surface area contributed by atoms with Gasteiger partial charge in [-0.2, -0.15) is 0 Å². The molecule has 1 atom stereocenters. The molecule has 1 aromatic carbocycles. The Morgan fingerprint density at radius 1 is 1.38 bits per heavy atom. The molecule has 0 fully saturated rings. The summed E-state index contributed by atoms with van der Waals surface area (Å²) in [6.45, 7) is 4.87. The molecule has 0 heterocycles. The maximum atomic E-state index is 9.23. The molecule has 0 aliphatic carbocycles. The predicted octanol–water partition coefficient (Wildman–Crippen LogP) is 2.61. The van der Waals surface area contributed by atoms with E-state index >= 15 is 0 Å². The van der Waals surface area contributed by atoms with Crippen molar-refractivity contribution in [3.8, 4) is 11.5 Å². The smallest absolute Gasteiger partial charge is 0.166 e. The van der Waals surface area contributed by atoms with Crippen LogP contribution in [0.3, 0.4) is 0 Å². The van der Waals surface area contributed by atoms with Gasteiger partial charge in [-0.1, -0.05) is 32.4 Å². The Hall–Kier alpha value is -1.22. The zero-order valence-electron chi connectivity index (χ0n) is 10.2. The van der Waals surface area contributed by atoms with Crippen LogP contribution in [-0.2, 0) is 6.61 Å². The first-order chi connectivity index (χ1) is 7.72. The number of rotatable bonds is 6. The van der Waals surface area contributed by atoms with Crippen molar-refractivity contribution in [3.63, 3.8) is 0 Å². The summed E-state index contributed by atoms with van der Waals surface area (Å²) in [6.07, 6.45) is 1.07. The van der Waals surface area contributed by atoms with Gasteiger partial charge in [0.2, 0.25) is 0 Å². The number of aliphatic hydroxyl groups is 1. The molecule has 0 bridgehead atoms. The lowest BCUT2D eigenvalue weighted by atomic mass is 10.1. The van der Waals surface area contributed by atoms with Crippen molar-refractivity contribution in [2.24, 2.45) is 5.92 Å². The van der Waals surface area contributed by atoms with Crippen molar-refractivity contribution >= 4 is 0 Å². The minimum Gasteiger partial charge on any atom is -0.493 e. The van der Waals surface area contributed by atoms with Gasteiger partial charge in [0.05, 0.1) is 20.3 Å². The van der Waals surface area contributed by atoms with Crippen molar-refractivity contribution in [3.05, 3.63) is 23.8 Å². The van der Waals surface area contributed by atoms with Crippen molar-refractivity contribution in [2.75, 3.05) is 13.7 Å². The third kappa shape index (κ3) is 3.14. The monoisotopic (exact) mass is 224 g/mol. The van der Waals surface area contributed by atoms with Gasteiger partial charge in [0.25, 0.3) is 0 Å². The Balaban J connectivity index is 2.82. The van der Waals surface area contributed by atoms with Crippen molar-refractivity contribution < 1.29 is 14.6 Å². The Morgan fingerprint density at radius 2 is 2.12 bits per heavy atom. The number of para-hydroxylation sites is 1. The minimum atomic E-state index is -0.0347. The van der Waals surface area contributed by atoms with E-state index < -0.39 is 0 Å². The van der Waals surface area contributed by atoms with Gasteiger partial charge in [0.1, 0.15) is 0 Å².